The molecule has 8 nitrogen and oxygen atoms in total. The highest BCUT2D eigenvalue weighted by Gasteiger charge is 2.30. The molecule has 1 aliphatic rings. The first-order chi connectivity index (χ1) is 17.0. The Kier molecular flexibility index (Phi) is 7.30. The van der Waals surface area contributed by atoms with Gasteiger partial charge in [-0.05, 0) is 39.0 Å². The molecule has 1 amide bonds. The van der Waals surface area contributed by atoms with E-state index < -0.39 is 5.92 Å². The van der Waals surface area contributed by atoms with Gasteiger partial charge in [0.1, 0.15) is 5.82 Å². The van der Waals surface area contributed by atoms with Crippen LogP contribution in [0.2, 0.25) is 0 Å². The van der Waals surface area contributed by atoms with Crippen LogP contribution >= 0.6 is 11.3 Å². The molecule has 0 fully saturated rings. The SMILES string of the molecule is CC(C)NC(=O)c1ccccc1NC(C)Nc1nc2c(s1)CN(c1cnc(N)c(C(C)(F)F)c1)CC2. The van der Waals surface area contributed by atoms with Gasteiger partial charge in [-0.25, -0.2) is 18.7 Å². The third-order valence-corrected chi connectivity index (χ3v) is 6.79. The lowest BCUT2D eigenvalue weighted by Crippen LogP contribution is -2.32. The molecule has 1 atom stereocenters. The van der Waals surface area contributed by atoms with Gasteiger partial charge in [0, 0.05) is 36.5 Å². The number of benzene rings is 1. The van der Waals surface area contributed by atoms with Crippen LogP contribution in [0, 0.1) is 0 Å². The molecule has 1 unspecified atom stereocenters. The molecule has 0 saturated carbocycles. The molecule has 0 radical (unpaired) electrons. The van der Waals surface area contributed by atoms with Gasteiger partial charge in [0.25, 0.3) is 11.8 Å². The molecule has 192 valence electrons. The summed E-state index contributed by atoms with van der Waals surface area (Å²) in [6.45, 7) is 7.81. The van der Waals surface area contributed by atoms with Gasteiger partial charge < -0.3 is 26.6 Å². The van der Waals surface area contributed by atoms with Crippen LogP contribution in [0.1, 0.15) is 54.2 Å². The van der Waals surface area contributed by atoms with Crippen molar-refractivity contribution in [2.75, 3.05) is 27.8 Å². The summed E-state index contributed by atoms with van der Waals surface area (Å²) in [4.78, 5) is 24.4. The highest BCUT2D eigenvalue weighted by molar-refractivity contribution is 7.15. The van der Waals surface area contributed by atoms with Crippen molar-refractivity contribution in [3.8, 4) is 0 Å². The Balaban J connectivity index is 1.44. The number of aromatic nitrogens is 2. The minimum atomic E-state index is -3.06. The third-order valence-electron chi connectivity index (χ3n) is 5.78. The van der Waals surface area contributed by atoms with E-state index >= 15 is 0 Å². The smallest absolute Gasteiger partial charge is 0.274 e. The van der Waals surface area contributed by atoms with Gasteiger partial charge >= 0.3 is 0 Å². The maximum absolute atomic E-state index is 13.9. The van der Waals surface area contributed by atoms with Gasteiger partial charge in [-0.2, -0.15) is 0 Å². The van der Waals surface area contributed by atoms with Gasteiger partial charge in [0.2, 0.25) is 0 Å². The number of nitrogen functional groups attached to an aromatic ring is 1. The number of amides is 1. The van der Waals surface area contributed by atoms with E-state index in [0.717, 1.165) is 28.3 Å². The predicted molar refractivity (Wildman–Crippen MR) is 141 cm³/mol. The monoisotopic (exact) mass is 515 g/mol. The molecular weight excluding hydrogens is 484 g/mol. The fraction of sp³-hybridized carbons (Fsp3) is 0.400. The highest BCUT2D eigenvalue weighted by atomic mass is 32.1. The number of fused-ring (bicyclic) bond motifs is 1. The van der Waals surface area contributed by atoms with E-state index in [1.54, 1.807) is 6.07 Å². The van der Waals surface area contributed by atoms with Crippen LogP contribution in [0.3, 0.4) is 0 Å². The molecule has 0 aliphatic carbocycles. The fourth-order valence-electron chi connectivity index (χ4n) is 4.07. The number of carbonyl (C=O) groups is 1. The molecule has 3 aromatic rings. The maximum atomic E-state index is 13.9. The Bertz CT molecular complexity index is 1240. The lowest BCUT2D eigenvalue weighted by Gasteiger charge is -2.28. The number of nitrogens with zero attached hydrogens (tertiary/aromatic N) is 3. The van der Waals surface area contributed by atoms with E-state index in [1.165, 1.54) is 23.6 Å². The first kappa shape index (κ1) is 25.6. The van der Waals surface area contributed by atoms with Crippen molar-refractivity contribution in [2.24, 2.45) is 0 Å². The molecule has 0 saturated heterocycles. The molecular formula is C25H31F2N7OS. The second-order valence-electron chi connectivity index (χ2n) is 9.26. The zero-order valence-corrected chi connectivity index (χ0v) is 21.5. The van der Waals surface area contributed by atoms with Crippen molar-refractivity contribution in [3.05, 3.63) is 58.2 Å². The Labute approximate surface area is 213 Å². The number of hydrogen-bond acceptors (Lipinski definition) is 8. The van der Waals surface area contributed by atoms with Crippen LogP contribution < -0.4 is 26.6 Å². The number of carbonyl (C=O) groups excluding carboxylic acids is 1. The van der Waals surface area contributed by atoms with E-state index in [9.17, 15) is 13.6 Å². The quantitative estimate of drug-likeness (QED) is 0.319. The molecule has 0 bridgehead atoms. The summed E-state index contributed by atoms with van der Waals surface area (Å²) in [5.41, 5.74) is 8.32. The summed E-state index contributed by atoms with van der Waals surface area (Å²) >= 11 is 1.53. The fourth-order valence-corrected chi connectivity index (χ4v) is 5.18. The first-order valence-corrected chi connectivity index (χ1v) is 12.6. The minimum Gasteiger partial charge on any atom is -0.383 e. The highest BCUT2D eigenvalue weighted by Crippen LogP contribution is 2.35. The number of thiazole rings is 1. The Hall–Kier alpha value is -3.47. The van der Waals surface area contributed by atoms with Crippen molar-refractivity contribution in [1.29, 1.82) is 0 Å². The van der Waals surface area contributed by atoms with E-state index in [4.69, 9.17) is 10.7 Å². The molecule has 1 aromatic carbocycles. The zero-order valence-electron chi connectivity index (χ0n) is 20.7. The standard InChI is InChI=1S/C25H31F2N7OS/c1-14(2)30-23(35)17-7-5-6-8-19(17)31-15(3)32-24-33-20-9-10-34(13-21(20)36-24)16-11-18(25(4,26)27)22(28)29-12-16/h5-8,11-12,14-15,31H,9-10,13H2,1-4H3,(H2,28,29)(H,30,35)(H,32,33). The van der Waals surface area contributed by atoms with E-state index in [1.807, 2.05) is 43.9 Å². The Morgan fingerprint density at radius 2 is 1.97 bits per heavy atom. The topological polar surface area (TPSA) is 108 Å². The van der Waals surface area contributed by atoms with Crippen LogP contribution in [0.4, 0.5) is 31.1 Å². The van der Waals surface area contributed by atoms with Crippen LogP contribution in [0.25, 0.3) is 0 Å². The van der Waals surface area contributed by atoms with Crippen LogP contribution in [0.5, 0.6) is 0 Å². The van der Waals surface area contributed by atoms with E-state index in [0.29, 0.717) is 30.8 Å². The molecule has 4 rings (SSSR count). The normalized spacial score (nSPS) is 14.4. The van der Waals surface area contributed by atoms with Gasteiger partial charge in [-0.1, -0.05) is 23.5 Å². The van der Waals surface area contributed by atoms with Crippen LogP contribution in [-0.2, 0) is 18.9 Å². The molecule has 3 heterocycles. The minimum absolute atomic E-state index is 0.0383. The summed E-state index contributed by atoms with van der Waals surface area (Å²) in [5, 5.41) is 10.4. The second-order valence-corrected chi connectivity index (χ2v) is 10.3. The van der Waals surface area contributed by atoms with Crippen molar-refractivity contribution in [3.63, 3.8) is 0 Å². The number of halogens is 2. The lowest BCUT2D eigenvalue weighted by atomic mass is 10.1. The number of para-hydroxylation sites is 1. The lowest BCUT2D eigenvalue weighted by molar-refractivity contribution is 0.0180. The number of anilines is 4. The van der Waals surface area contributed by atoms with Crippen molar-refractivity contribution in [2.45, 2.75) is 58.8 Å². The summed E-state index contributed by atoms with van der Waals surface area (Å²) in [6, 6.07) is 8.83. The number of alkyl halides is 2. The van der Waals surface area contributed by atoms with Gasteiger partial charge in [-0.15, -0.1) is 0 Å². The van der Waals surface area contributed by atoms with Crippen molar-refractivity contribution in [1.82, 2.24) is 15.3 Å². The van der Waals surface area contributed by atoms with E-state index in [-0.39, 0.29) is 29.5 Å². The van der Waals surface area contributed by atoms with Gasteiger partial charge in [0.05, 0.1) is 41.4 Å². The summed E-state index contributed by atoms with van der Waals surface area (Å²) < 4.78 is 27.8. The summed E-state index contributed by atoms with van der Waals surface area (Å²) in [6.07, 6.45) is 2.03. The molecule has 36 heavy (non-hydrogen) atoms. The van der Waals surface area contributed by atoms with Gasteiger partial charge in [0.15, 0.2) is 5.13 Å². The molecule has 2 aromatic heterocycles. The predicted octanol–water partition coefficient (Wildman–Crippen LogP) is 4.80. The molecule has 0 spiro atoms. The second kappa shape index (κ2) is 10.3. The summed E-state index contributed by atoms with van der Waals surface area (Å²) in [5.74, 6) is -3.35. The van der Waals surface area contributed by atoms with Crippen LogP contribution in [-0.4, -0.2) is 34.6 Å². The average Bonchev–Trinajstić information content (AvgIpc) is 3.19. The number of nitrogens with two attached hydrogens (primary N) is 1. The molecule has 1 aliphatic heterocycles. The third kappa shape index (κ3) is 5.84. The number of pyridine rings is 1. The van der Waals surface area contributed by atoms with Crippen LogP contribution in [0.15, 0.2) is 36.5 Å². The molecule has 5 N–H and O–H groups in total. The number of hydrogen-bond donors (Lipinski definition) is 4. The number of rotatable bonds is 8. The molecule has 11 heteroatoms. The summed E-state index contributed by atoms with van der Waals surface area (Å²) in [7, 11) is 0. The van der Waals surface area contributed by atoms with Gasteiger partial charge in [-0.3, -0.25) is 4.79 Å². The largest absolute Gasteiger partial charge is 0.383 e. The first-order valence-electron chi connectivity index (χ1n) is 11.8. The zero-order chi connectivity index (χ0) is 26.0. The number of nitrogens with one attached hydrogen (secondary N) is 3. The average molecular weight is 516 g/mol. The van der Waals surface area contributed by atoms with Crippen molar-refractivity contribution < 1.29 is 13.6 Å². The van der Waals surface area contributed by atoms with Crippen molar-refractivity contribution >= 4 is 39.6 Å². The Morgan fingerprint density at radius 3 is 2.69 bits per heavy atom. The maximum Gasteiger partial charge on any atom is 0.274 e. The Morgan fingerprint density at radius 1 is 1.22 bits per heavy atom. The van der Waals surface area contributed by atoms with E-state index in [2.05, 4.69) is 20.9 Å².